The van der Waals surface area contributed by atoms with Crippen LogP contribution in [0.2, 0.25) is 0 Å². The van der Waals surface area contributed by atoms with Crippen LogP contribution in [0.5, 0.6) is 5.75 Å². The van der Waals surface area contributed by atoms with Gasteiger partial charge in [0, 0.05) is 37.7 Å². The standard InChI is InChI=1S/C18H18F2N2O3/c19-15-7-13(8-16(20)17(15)23)18(24)22(11-14-4-2-6-25-14)10-12-3-1-5-21-9-12/h1,3,5,7-9,14,23H,2,4,6,10-11H2/t14-/m0/s1. The third-order valence-electron chi connectivity index (χ3n) is 4.10. The van der Waals surface area contributed by atoms with Gasteiger partial charge in [-0.2, -0.15) is 0 Å². The maximum Gasteiger partial charge on any atom is 0.254 e. The van der Waals surface area contributed by atoms with Gasteiger partial charge in [0.25, 0.3) is 5.91 Å². The summed E-state index contributed by atoms with van der Waals surface area (Å²) in [6.07, 6.45) is 4.90. The van der Waals surface area contributed by atoms with Crippen molar-refractivity contribution in [2.75, 3.05) is 13.2 Å². The fraction of sp³-hybridized carbons (Fsp3) is 0.333. The molecule has 1 fully saturated rings. The first-order valence-corrected chi connectivity index (χ1v) is 8.02. The van der Waals surface area contributed by atoms with E-state index in [4.69, 9.17) is 4.74 Å². The van der Waals surface area contributed by atoms with Gasteiger partial charge in [0.2, 0.25) is 0 Å². The van der Waals surface area contributed by atoms with Crippen molar-refractivity contribution in [1.29, 1.82) is 0 Å². The van der Waals surface area contributed by atoms with E-state index in [0.29, 0.717) is 13.2 Å². The largest absolute Gasteiger partial charge is 0.503 e. The summed E-state index contributed by atoms with van der Waals surface area (Å²) in [6.45, 7) is 1.20. The lowest BCUT2D eigenvalue weighted by molar-refractivity contribution is 0.0506. The van der Waals surface area contributed by atoms with Gasteiger partial charge in [-0.25, -0.2) is 8.78 Å². The van der Waals surface area contributed by atoms with Crippen molar-refractivity contribution in [3.63, 3.8) is 0 Å². The number of rotatable bonds is 5. The molecule has 2 aromatic rings. The Kier molecular flexibility index (Phi) is 5.23. The average molecular weight is 348 g/mol. The Morgan fingerprint density at radius 3 is 2.72 bits per heavy atom. The summed E-state index contributed by atoms with van der Waals surface area (Å²) in [7, 11) is 0. The molecule has 1 aromatic carbocycles. The Labute approximate surface area is 143 Å². The van der Waals surface area contributed by atoms with Gasteiger partial charge in [-0.05, 0) is 36.6 Å². The summed E-state index contributed by atoms with van der Waals surface area (Å²) in [5.41, 5.74) is 0.642. The van der Waals surface area contributed by atoms with E-state index < -0.39 is 23.3 Å². The van der Waals surface area contributed by atoms with Crippen LogP contribution in [0, 0.1) is 11.6 Å². The minimum atomic E-state index is -1.17. The third-order valence-corrected chi connectivity index (χ3v) is 4.10. The van der Waals surface area contributed by atoms with E-state index in [1.165, 1.54) is 4.90 Å². The number of carbonyl (C=O) groups excluding carboxylic acids is 1. The second kappa shape index (κ2) is 7.57. The zero-order chi connectivity index (χ0) is 17.8. The number of phenols is 1. The predicted octanol–water partition coefficient (Wildman–Crippen LogP) is 2.89. The highest BCUT2D eigenvalue weighted by Crippen LogP contribution is 2.23. The van der Waals surface area contributed by atoms with Crippen LogP contribution in [0.15, 0.2) is 36.7 Å². The van der Waals surface area contributed by atoms with Crippen molar-refractivity contribution < 1.29 is 23.4 Å². The number of halogens is 2. The average Bonchev–Trinajstić information content (AvgIpc) is 3.12. The Morgan fingerprint density at radius 1 is 1.36 bits per heavy atom. The maximum absolute atomic E-state index is 13.6. The van der Waals surface area contributed by atoms with Crippen LogP contribution in [0.4, 0.5) is 8.78 Å². The zero-order valence-corrected chi connectivity index (χ0v) is 13.5. The van der Waals surface area contributed by atoms with Crippen molar-refractivity contribution >= 4 is 5.91 Å². The van der Waals surface area contributed by atoms with Crippen LogP contribution in [0.25, 0.3) is 0 Å². The first-order chi connectivity index (χ1) is 12.0. The molecular formula is C18H18F2N2O3. The monoisotopic (exact) mass is 348 g/mol. The summed E-state index contributed by atoms with van der Waals surface area (Å²) >= 11 is 0. The first-order valence-electron chi connectivity index (χ1n) is 8.02. The molecule has 5 nitrogen and oxygen atoms in total. The van der Waals surface area contributed by atoms with Crippen LogP contribution in [-0.2, 0) is 11.3 Å². The van der Waals surface area contributed by atoms with Crippen molar-refractivity contribution in [2.24, 2.45) is 0 Å². The first kappa shape index (κ1) is 17.3. The predicted molar refractivity (Wildman–Crippen MR) is 86.0 cm³/mol. The number of phenolic OH excluding ortho intramolecular Hbond substituents is 1. The molecule has 1 aromatic heterocycles. The molecule has 1 atom stereocenters. The summed E-state index contributed by atoms with van der Waals surface area (Å²) in [5.74, 6) is -3.95. The van der Waals surface area contributed by atoms with Crippen LogP contribution in [0.1, 0.15) is 28.8 Å². The summed E-state index contributed by atoms with van der Waals surface area (Å²) in [6, 6.07) is 5.25. The van der Waals surface area contributed by atoms with Crippen molar-refractivity contribution in [2.45, 2.75) is 25.5 Å². The number of amides is 1. The minimum Gasteiger partial charge on any atom is -0.503 e. The van der Waals surface area contributed by atoms with E-state index >= 15 is 0 Å². The lowest BCUT2D eigenvalue weighted by atomic mass is 10.1. The number of aromatic nitrogens is 1. The summed E-state index contributed by atoms with van der Waals surface area (Å²) < 4.78 is 32.8. The molecule has 0 unspecified atom stereocenters. The normalized spacial score (nSPS) is 16.8. The zero-order valence-electron chi connectivity index (χ0n) is 13.5. The number of pyridine rings is 1. The molecule has 2 heterocycles. The molecule has 132 valence electrons. The van der Waals surface area contributed by atoms with Crippen LogP contribution >= 0.6 is 0 Å². The van der Waals surface area contributed by atoms with Gasteiger partial charge >= 0.3 is 0 Å². The van der Waals surface area contributed by atoms with Crippen molar-refractivity contribution in [3.05, 3.63) is 59.4 Å². The quantitative estimate of drug-likeness (QED) is 0.902. The lowest BCUT2D eigenvalue weighted by Gasteiger charge is -2.25. The Balaban J connectivity index is 1.85. The molecule has 0 bridgehead atoms. The highest BCUT2D eigenvalue weighted by molar-refractivity contribution is 5.94. The highest BCUT2D eigenvalue weighted by atomic mass is 19.1. The third kappa shape index (κ3) is 4.11. The number of ether oxygens (including phenoxy) is 1. The smallest absolute Gasteiger partial charge is 0.254 e. The molecule has 25 heavy (non-hydrogen) atoms. The van der Waals surface area contributed by atoms with E-state index in [-0.39, 0.29) is 18.2 Å². The Hall–Kier alpha value is -2.54. The fourth-order valence-electron chi connectivity index (χ4n) is 2.84. The van der Waals surface area contributed by atoms with Crippen LogP contribution in [-0.4, -0.2) is 40.2 Å². The topological polar surface area (TPSA) is 62.7 Å². The van der Waals surface area contributed by atoms with Gasteiger partial charge in [-0.3, -0.25) is 9.78 Å². The van der Waals surface area contributed by atoms with Gasteiger partial charge in [0.15, 0.2) is 17.4 Å². The van der Waals surface area contributed by atoms with Gasteiger partial charge in [0.05, 0.1) is 6.10 Å². The van der Waals surface area contributed by atoms with Crippen molar-refractivity contribution in [3.8, 4) is 5.75 Å². The number of benzene rings is 1. The van der Waals surface area contributed by atoms with Gasteiger partial charge in [-0.1, -0.05) is 6.07 Å². The van der Waals surface area contributed by atoms with E-state index in [0.717, 1.165) is 30.5 Å². The molecule has 1 amide bonds. The molecule has 0 saturated carbocycles. The Bertz CT molecular complexity index is 726. The van der Waals surface area contributed by atoms with E-state index in [9.17, 15) is 18.7 Å². The number of nitrogens with zero attached hydrogens (tertiary/aromatic N) is 2. The molecule has 7 heteroatoms. The minimum absolute atomic E-state index is 0.104. The SMILES string of the molecule is O=C(c1cc(F)c(O)c(F)c1)N(Cc1cccnc1)C[C@@H]1CCCO1. The van der Waals surface area contributed by atoms with Gasteiger partial charge < -0.3 is 14.7 Å². The molecule has 3 rings (SSSR count). The number of hydrogen-bond acceptors (Lipinski definition) is 4. The Morgan fingerprint density at radius 2 is 2.12 bits per heavy atom. The molecule has 1 N–H and O–H groups in total. The molecule has 1 aliphatic rings. The molecular weight excluding hydrogens is 330 g/mol. The molecule has 0 spiro atoms. The number of aromatic hydroxyl groups is 1. The number of carbonyl (C=O) groups is 1. The maximum atomic E-state index is 13.6. The fourth-order valence-corrected chi connectivity index (χ4v) is 2.84. The van der Waals surface area contributed by atoms with Crippen molar-refractivity contribution in [1.82, 2.24) is 9.88 Å². The van der Waals surface area contributed by atoms with Gasteiger partial charge in [-0.15, -0.1) is 0 Å². The molecule has 1 saturated heterocycles. The second-order valence-corrected chi connectivity index (χ2v) is 5.97. The summed E-state index contributed by atoms with van der Waals surface area (Å²) in [4.78, 5) is 18.3. The molecule has 1 aliphatic heterocycles. The molecule has 0 aliphatic carbocycles. The van der Waals surface area contributed by atoms with E-state index in [1.54, 1.807) is 18.5 Å². The van der Waals surface area contributed by atoms with Crippen LogP contribution in [0.3, 0.4) is 0 Å². The van der Waals surface area contributed by atoms with Crippen LogP contribution < -0.4 is 0 Å². The molecule has 0 radical (unpaired) electrons. The lowest BCUT2D eigenvalue weighted by Crippen LogP contribution is -2.37. The van der Waals surface area contributed by atoms with E-state index in [1.807, 2.05) is 6.07 Å². The van der Waals surface area contributed by atoms with Gasteiger partial charge in [0.1, 0.15) is 0 Å². The highest BCUT2D eigenvalue weighted by Gasteiger charge is 2.25. The second-order valence-electron chi connectivity index (χ2n) is 5.97. The number of hydrogen-bond donors (Lipinski definition) is 1. The van der Waals surface area contributed by atoms with E-state index in [2.05, 4.69) is 4.98 Å². The summed E-state index contributed by atoms with van der Waals surface area (Å²) in [5, 5.41) is 9.21.